The molecule has 0 unspecified atom stereocenters. The molecule has 2 atom stereocenters. The van der Waals surface area contributed by atoms with Crippen molar-refractivity contribution in [2.24, 2.45) is 5.92 Å². The highest BCUT2D eigenvalue weighted by atomic mass is 32.1. The molecule has 0 saturated heterocycles. The molecule has 1 N–H and O–H groups in total. The molecule has 1 aromatic carbocycles. The molecule has 0 radical (unpaired) electrons. The van der Waals surface area contributed by atoms with Crippen LogP contribution < -0.4 is 14.8 Å². The fourth-order valence-electron chi connectivity index (χ4n) is 3.64. The number of nitrogens with zero attached hydrogens (tertiary/aromatic N) is 1. The zero-order valence-corrected chi connectivity index (χ0v) is 19.5. The molecule has 4 rings (SSSR count). The monoisotopic (exact) mass is 468 g/mol. The van der Waals surface area contributed by atoms with Crippen molar-refractivity contribution in [1.82, 2.24) is 10.2 Å². The molecule has 1 aliphatic heterocycles. The van der Waals surface area contributed by atoms with Crippen LogP contribution >= 0.6 is 11.3 Å². The SMILES string of the molecule is CC(C)CCNC(=O)[C@@H](c1cccs1)N(Cc1ccco1)C(=O)[C@H]1COc2ccccc2O1. The predicted molar refractivity (Wildman–Crippen MR) is 125 cm³/mol. The molecule has 174 valence electrons. The number of ether oxygens (including phenoxy) is 2. The second-order valence-electron chi connectivity index (χ2n) is 8.30. The van der Waals surface area contributed by atoms with E-state index >= 15 is 0 Å². The fraction of sp³-hybridized carbons (Fsp3) is 0.360. The Hall–Kier alpha value is -3.26. The Labute approximate surface area is 197 Å². The van der Waals surface area contributed by atoms with Crippen LogP contribution in [0.1, 0.15) is 36.9 Å². The zero-order chi connectivity index (χ0) is 23.2. The third-order valence-electron chi connectivity index (χ3n) is 5.37. The van der Waals surface area contributed by atoms with Gasteiger partial charge < -0.3 is 24.1 Å². The van der Waals surface area contributed by atoms with Crippen molar-refractivity contribution in [3.8, 4) is 11.5 Å². The van der Waals surface area contributed by atoms with Gasteiger partial charge in [-0.3, -0.25) is 9.59 Å². The van der Waals surface area contributed by atoms with Gasteiger partial charge >= 0.3 is 0 Å². The molecule has 1 aliphatic rings. The van der Waals surface area contributed by atoms with Gasteiger partial charge in [0.15, 0.2) is 11.5 Å². The molecule has 2 amide bonds. The number of para-hydroxylation sites is 2. The van der Waals surface area contributed by atoms with Crippen molar-refractivity contribution >= 4 is 23.2 Å². The molecule has 33 heavy (non-hydrogen) atoms. The lowest BCUT2D eigenvalue weighted by molar-refractivity contribution is -0.149. The topological polar surface area (TPSA) is 81.0 Å². The van der Waals surface area contributed by atoms with Crippen molar-refractivity contribution in [2.75, 3.05) is 13.2 Å². The summed E-state index contributed by atoms with van der Waals surface area (Å²) in [7, 11) is 0. The van der Waals surface area contributed by atoms with E-state index in [9.17, 15) is 9.59 Å². The van der Waals surface area contributed by atoms with E-state index in [-0.39, 0.29) is 25.0 Å². The fourth-order valence-corrected chi connectivity index (χ4v) is 4.48. The summed E-state index contributed by atoms with van der Waals surface area (Å²) in [6, 6.07) is 13.7. The Bertz CT molecular complexity index is 1050. The third-order valence-corrected chi connectivity index (χ3v) is 6.29. The molecule has 3 aromatic rings. The molecular weight excluding hydrogens is 440 g/mol. The van der Waals surface area contributed by atoms with E-state index in [0.717, 1.165) is 11.3 Å². The van der Waals surface area contributed by atoms with Gasteiger partial charge in [-0.15, -0.1) is 11.3 Å². The van der Waals surface area contributed by atoms with E-state index in [2.05, 4.69) is 19.2 Å². The summed E-state index contributed by atoms with van der Waals surface area (Å²) >= 11 is 1.44. The number of nitrogens with one attached hydrogen (secondary N) is 1. The van der Waals surface area contributed by atoms with Gasteiger partial charge in [-0.05, 0) is 48.1 Å². The summed E-state index contributed by atoms with van der Waals surface area (Å²) < 4.78 is 17.3. The van der Waals surface area contributed by atoms with Crippen LogP contribution in [-0.4, -0.2) is 36.0 Å². The standard InChI is InChI=1S/C25H28N2O5S/c1-17(2)11-12-26-24(28)23(22-10-6-14-33-22)27(15-18-7-5-13-30-18)25(29)21-16-31-19-8-3-4-9-20(19)32-21/h3-10,13-14,17,21,23H,11-12,15-16H2,1-2H3,(H,26,28)/t21-,23-/m1/s1. The minimum atomic E-state index is -0.874. The number of furan rings is 1. The van der Waals surface area contributed by atoms with Crippen LogP contribution in [0.15, 0.2) is 64.6 Å². The lowest BCUT2D eigenvalue weighted by Gasteiger charge is -2.34. The maximum Gasteiger partial charge on any atom is 0.268 e. The number of rotatable bonds is 9. The highest BCUT2D eigenvalue weighted by molar-refractivity contribution is 7.10. The van der Waals surface area contributed by atoms with E-state index in [4.69, 9.17) is 13.9 Å². The normalized spacial score (nSPS) is 15.8. The summed E-state index contributed by atoms with van der Waals surface area (Å²) in [6.07, 6.45) is 1.53. The third kappa shape index (κ3) is 5.57. The molecule has 0 fully saturated rings. The number of thiophene rings is 1. The molecule has 2 aromatic heterocycles. The maximum atomic E-state index is 13.8. The summed E-state index contributed by atoms with van der Waals surface area (Å²) in [6.45, 7) is 4.95. The van der Waals surface area contributed by atoms with E-state index in [1.54, 1.807) is 30.5 Å². The first-order valence-corrected chi connectivity index (χ1v) is 11.9. The van der Waals surface area contributed by atoms with Crippen molar-refractivity contribution in [1.29, 1.82) is 0 Å². The molecule has 0 saturated carbocycles. The lowest BCUT2D eigenvalue weighted by atomic mass is 10.1. The summed E-state index contributed by atoms with van der Waals surface area (Å²) in [4.78, 5) is 29.4. The Morgan fingerprint density at radius 1 is 1.12 bits per heavy atom. The van der Waals surface area contributed by atoms with Gasteiger partial charge in [-0.2, -0.15) is 0 Å². The van der Waals surface area contributed by atoms with Crippen molar-refractivity contribution < 1.29 is 23.5 Å². The number of carbonyl (C=O) groups excluding carboxylic acids is 2. The van der Waals surface area contributed by atoms with Crippen LogP contribution in [0.4, 0.5) is 0 Å². The van der Waals surface area contributed by atoms with Crippen LogP contribution in [0, 0.1) is 5.92 Å². The minimum absolute atomic E-state index is 0.0661. The van der Waals surface area contributed by atoms with E-state index in [1.165, 1.54) is 16.2 Å². The van der Waals surface area contributed by atoms with Gasteiger partial charge in [0, 0.05) is 11.4 Å². The van der Waals surface area contributed by atoms with Crippen molar-refractivity contribution in [3.63, 3.8) is 0 Å². The number of fused-ring (bicyclic) bond motifs is 1. The number of amides is 2. The maximum absolute atomic E-state index is 13.8. The van der Waals surface area contributed by atoms with Gasteiger partial charge in [0.1, 0.15) is 18.4 Å². The number of carbonyl (C=O) groups is 2. The van der Waals surface area contributed by atoms with Crippen LogP contribution in [-0.2, 0) is 16.1 Å². The Balaban J connectivity index is 1.62. The zero-order valence-electron chi connectivity index (χ0n) is 18.7. The van der Waals surface area contributed by atoms with Gasteiger partial charge in [0.05, 0.1) is 12.8 Å². The molecule has 7 nitrogen and oxygen atoms in total. The summed E-state index contributed by atoms with van der Waals surface area (Å²) in [5.74, 6) is 1.58. The molecular formula is C25H28N2O5S. The number of benzene rings is 1. The first-order valence-electron chi connectivity index (χ1n) is 11.1. The van der Waals surface area contributed by atoms with E-state index in [1.807, 2.05) is 29.6 Å². The summed E-state index contributed by atoms with van der Waals surface area (Å²) in [5.41, 5.74) is 0. The van der Waals surface area contributed by atoms with Gasteiger partial charge in [0.2, 0.25) is 12.0 Å². The Morgan fingerprint density at radius 2 is 1.94 bits per heavy atom. The molecule has 0 bridgehead atoms. The van der Waals surface area contributed by atoms with Crippen LogP contribution in [0.2, 0.25) is 0 Å². The van der Waals surface area contributed by atoms with Crippen molar-refractivity contribution in [2.45, 2.75) is 39.0 Å². The predicted octanol–water partition coefficient (Wildman–Crippen LogP) is 4.41. The average Bonchev–Trinajstić information content (AvgIpc) is 3.52. The average molecular weight is 469 g/mol. The van der Waals surface area contributed by atoms with Gasteiger partial charge in [-0.1, -0.05) is 32.0 Å². The Morgan fingerprint density at radius 3 is 2.64 bits per heavy atom. The van der Waals surface area contributed by atoms with Crippen LogP contribution in [0.5, 0.6) is 11.5 Å². The van der Waals surface area contributed by atoms with Crippen LogP contribution in [0.3, 0.4) is 0 Å². The van der Waals surface area contributed by atoms with E-state index < -0.39 is 12.1 Å². The highest BCUT2D eigenvalue weighted by Gasteiger charge is 2.39. The second-order valence-corrected chi connectivity index (χ2v) is 9.28. The smallest absolute Gasteiger partial charge is 0.268 e. The van der Waals surface area contributed by atoms with Gasteiger partial charge in [0.25, 0.3) is 5.91 Å². The Kier molecular flexibility index (Phi) is 7.34. The first kappa shape index (κ1) is 22.9. The highest BCUT2D eigenvalue weighted by Crippen LogP contribution is 2.33. The van der Waals surface area contributed by atoms with Crippen LogP contribution in [0.25, 0.3) is 0 Å². The second kappa shape index (κ2) is 10.6. The minimum Gasteiger partial charge on any atom is -0.485 e. The largest absolute Gasteiger partial charge is 0.485 e. The molecule has 0 aliphatic carbocycles. The van der Waals surface area contributed by atoms with Gasteiger partial charge in [-0.25, -0.2) is 0 Å². The number of hydrogen-bond donors (Lipinski definition) is 1. The quantitative estimate of drug-likeness (QED) is 0.503. The van der Waals surface area contributed by atoms with E-state index in [0.29, 0.717) is 29.7 Å². The lowest BCUT2D eigenvalue weighted by Crippen LogP contribution is -2.50. The summed E-state index contributed by atoms with van der Waals surface area (Å²) in [5, 5.41) is 4.91. The molecule has 8 heteroatoms. The number of hydrogen-bond acceptors (Lipinski definition) is 6. The first-order chi connectivity index (χ1) is 16.0. The molecule has 3 heterocycles. The molecule has 0 spiro atoms. The van der Waals surface area contributed by atoms with Crippen molar-refractivity contribution in [3.05, 3.63) is 70.8 Å².